The van der Waals surface area contributed by atoms with Crippen molar-refractivity contribution in [3.05, 3.63) is 96.6 Å². The molecule has 0 amide bonds. The van der Waals surface area contributed by atoms with Gasteiger partial charge in [0, 0.05) is 0 Å². The van der Waals surface area contributed by atoms with Gasteiger partial charge in [0.1, 0.15) is 10.1 Å². The second kappa shape index (κ2) is 11.0. The summed E-state index contributed by atoms with van der Waals surface area (Å²) in [5.41, 5.74) is 1.88. The molecule has 0 bridgehead atoms. The van der Waals surface area contributed by atoms with E-state index in [1.807, 2.05) is 0 Å². The first kappa shape index (κ1) is 29.3. The van der Waals surface area contributed by atoms with Crippen LogP contribution < -0.4 is 21.2 Å². The first-order valence-electron chi connectivity index (χ1n) is 10.9. The van der Waals surface area contributed by atoms with Gasteiger partial charge in [-0.15, -0.1) is 0 Å². The van der Waals surface area contributed by atoms with Gasteiger partial charge in [-0.1, -0.05) is 77.9 Å². The maximum absolute atomic E-state index is 12.2. The third-order valence-corrected chi connectivity index (χ3v) is 8.68. The van der Waals surface area contributed by atoms with Crippen molar-refractivity contribution in [2.45, 2.75) is 63.4 Å². The largest absolute Gasteiger partial charge is 0.744 e. The van der Waals surface area contributed by atoms with Gasteiger partial charge in [-0.05, 0) is 58.4 Å². The van der Waals surface area contributed by atoms with Crippen molar-refractivity contribution in [3.8, 4) is 0 Å². The van der Waals surface area contributed by atoms with E-state index in [4.69, 9.17) is 0 Å². The van der Waals surface area contributed by atoms with Crippen molar-refractivity contribution in [1.29, 1.82) is 0 Å². The average Bonchev–Trinajstić information content (AvgIpc) is 2.72. The van der Waals surface area contributed by atoms with Crippen LogP contribution in [0.15, 0.2) is 77.7 Å². The van der Waals surface area contributed by atoms with Gasteiger partial charge in [0.05, 0.1) is 10.5 Å². The molecule has 0 N–H and O–H groups in total. The third-order valence-electron chi connectivity index (χ3n) is 5.10. The number of hydrogen-bond donors (Lipinski definition) is 0. The maximum Gasteiger partial charge on any atom is 0.417 e. The molecule has 190 valence electrons. The second-order valence-electron chi connectivity index (χ2n) is 10.1. The first-order chi connectivity index (χ1) is 15.9. The monoisotopic (exact) mass is 618 g/mol. The minimum atomic E-state index is -5.09. The van der Waals surface area contributed by atoms with E-state index >= 15 is 0 Å². The number of benzene rings is 3. The highest BCUT2D eigenvalue weighted by atomic mass is 127. The molecular formula is C27H30F3IO3S. The van der Waals surface area contributed by atoms with Crippen LogP contribution in [-0.2, 0) is 27.1 Å². The summed E-state index contributed by atoms with van der Waals surface area (Å²) < 4.78 is 70.8. The zero-order valence-electron chi connectivity index (χ0n) is 20.6. The molecule has 0 atom stereocenters. The predicted molar refractivity (Wildman–Crippen MR) is 127 cm³/mol. The second-order valence-corrected chi connectivity index (χ2v) is 14.4. The van der Waals surface area contributed by atoms with Crippen LogP contribution in [0.2, 0.25) is 0 Å². The van der Waals surface area contributed by atoms with Crippen LogP contribution in [0.3, 0.4) is 0 Å². The van der Waals surface area contributed by atoms with Gasteiger partial charge in [-0.2, -0.15) is 13.2 Å². The Bertz CT molecular complexity index is 1170. The van der Waals surface area contributed by atoms with Crippen LogP contribution in [0.25, 0.3) is 0 Å². The number of alkyl halides is 3. The van der Waals surface area contributed by atoms with E-state index in [1.165, 1.54) is 18.3 Å². The minimum absolute atomic E-state index is 0.0703. The maximum atomic E-state index is 12.2. The zero-order valence-corrected chi connectivity index (χ0v) is 23.5. The molecule has 0 unspecified atom stereocenters. The molecule has 3 aromatic rings. The van der Waals surface area contributed by atoms with Gasteiger partial charge in [0.25, 0.3) is 0 Å². The van der Waals surface area contributed by atoms with E-state index in [0.717, 1.165) is 12.1 Å². The minimum Gasteiger partial charge on any atom is -0.744 e. The summed E-state index contributed by atoms with van der Waals surface area (Å²) in [7, 11) is -5.09. The fourth-order valence-corrected chi connectivity index (χ4v) is 5.93. The Morgan fingerprint density at radius 2 is 1.03 bits per heavy atom. The molecule has 0 aliphatic carbocycles. The third kappa shape index (κ3) is 8.91. The summed E-state index contributed by atoms with van der Waals surface area (Å²) in [6.45, 7) is 13.6. The van der Waals surface area contributed by atoms with Gasteiger partial charge in [-0.25, -0.2) is 8.42 Å². The standard InChI is InChI=1S/C20H26I.C7H5F3O3S/c1-19(2,3)15-7-11-17(12-8-15)21-18-13-9-16(10-14-18)20(4,5)6;8-7(9,10)5-3-1-2-4-6(5)14(11,12)13/h7-14H,1-6H3;1-4H,(H,11,12,13)/q+1;/p-1. The fraction of sp³-hybridized carbons (Fsp3) is 0.333. The van der Waals surface area contributed by atoms with Gasteiger partial charge in [-0.3, -0.25) is 0 Å². The summed E-state index contributed by atoms with van der Waals surface area (Å²) >= 11 is -0.0703. The molecule has 0 fully saturated rings. The van der Waals surface area contributed by atoms with Gasteiger partial charge in [0.15, 0.2) is 7.14 Å². The predicted octanol–water partition coefficient (Wildman–Crippen LogP) is 4.02. The van der Waals surface area contributed by atoms with Crippen molar-refractivity contribution < 1.29 is 47.3 Å². The number of halogens is 4. The summed E-state index contributed by atoms with van der Waals surface area (Å²) in [5.74, 6) is 0. The van der Waals surface area contributed by atoms with E-state index in [1.54, 1.807) is 0 Å². The van der Waals surface area contributed by atoms with Crippen LogP contribution in [0.1, 0.15) is 58.2 Å². The highest BCUT2D eigenvalue weighted by Gasteiger charge is 2.34. The molecule has 0 saturated carbocycles. The highest BCUT2D eigenvalue weighted by molar-refractivity contribution is 7.85. The molecule has 0 aromatic heterocycles. The van der Waals surface area contributed by atoms with Crippen molar-refractivity contribution >= 4 is 10.1 Å². The lowest BCUT2D eigenvalue weighted by molar-refractivity contribution is -0.597. The quantitative estimate of drug-likeness (QED) is 0.330. The Morgan fingerprint density at radius 3 is 1.31 bits per heavy atom. The lowest BCUT2D eigenvalue weighted by Gasteiger charge is -2.18. The molecule has 0 aliphatic rings. The smallest absolute Gasteiger partial charge is 0.417 e. The van der Waals surface area contributed by atoms with Gasteiger partial charge in [0.2, 0.25) is 0 Å². The fourth-order valence-electron chi connectivity index (χ4n) is 3.07. The molecule has 8 heteroatoms. The Labute approximate surface area is 216 Å². The molecule has 0 spiro atoms. The Balaban J connectivity index is 0.000000269. The summed E-state index contributed by atoms with van der Waals surface area (Å²) in [6.07, 6.45) is -4.84. The Hall–Kier alpha value is -1.91. The van der Waals surface area contributed by atoms with Crippen molar-refractivity contribution in [1.82, 2.24) is 0 Å². The van der Waals surface area contributed by atoms with Crippen molar-refractivity contribution in [2.75, 3.05) is 0 Å². The summed E-state index contributed by atoms with van der Waals surface area (Å²) in [6, 6.07) is 21.6. The molecule has 0 heterocycles. The number of hydrogen-bond acceptors (Lipinski definition) is 3. The molecule has 3 nitrogen and oxygen atoms in total. The molecule has 3 aromatic carbocycles. The SMILES string of the molecule is CC(C)(C)c1ccc([I+]c2ccc(C(C)(C)C)cc2)cc1.O=S(=O)([O-])c1ccccc1C(F)(F)F. The summed E-state index contributed by atoms with van der Waals surface area (Å²) in [5, 5.41) is 0. The number of rotatable bonds is 3. The molecule has 0 aliphatic heterocycles. The van der Waals surface area contributed by atoms with Crippen molar-refractivity contribution in [2.24, 2.45) is 0 Å². The van der Waals surface area contributed by atoms with E-state index in [-0.39, 0.29) is 32.0 Å². The van der Waals surface area contributed by atoms with Gasteiger partial charge < -0.3 is 4.55 Å². The Morgan fingerprint density at radius 1 is 0.657 bits per heavy atom. The molecule has 3 rings (SSSR count). The van der Waals surface area contributed by atoms with Crippen LogP contribution >= 0.6 is 0 Å². The topological polar surface area (TPSA) is 57.2 Å². The van der Waals surface area contributed by atoms with Crippen LogP contribution in [-0.4, -0.2) is 13.0 Å². The van der Waals surface area contributed by atoms with E-state index in [2.05, 4.69) is 90.1 Å². The molecular weight excluding hydrogens is 588 g/mol. The molecule has 0 saturated heterocycles. The van der Waals surface area contributed by atoms with Crippen molar-refractivity contribution in [3.63, 3.8) is 0 Å². The van der Waals surface area contributed by atoms with Crippen LogP contribution in [0.5, 0.6) is 0 Å². The lowest BCUT2D eigenvalue weighted by atomic mass is 9.87. The zero-order chi connectivity index (χ0) is 26.7. The van der Waals surface area contributed by atoms with Crippen LogP contribution in [0, 0.1) is 7.14 Å². The summed E-state index contributed by atoms with van der Waals surface area (Å²) in [4.78, 5) is -1.24. The van der Waals surface area contributed by atoms with Crippen LogP contribution in [0.4, 0.5) is 13.2 Å². The van der Waals surface area contributed by atoms with Gasteiger partial charge >= 0.3 is 27.4 Å². The van der Waals surface area contributed by atoms with E-state index in [0.29, 0.717) is 12.1 Å². The first-order valence-corrected chi connectivity index (χ1v) is 14.4. The average molecular weight is 618 g/mol. The lowest BCUT2D eigenvalue weighted by Crippen LogP contribution is -3.61. The Kier molecular flexibility index (Phi) is 9.22. The molecule has 35 heavy (non-hydrogen) atoms. The van der Waals surface area contributed by atoms with E-state index < -0.39 is 26.8 Å². The molecule has 0 radical (unpaired) electrons. The normalized spacial score (nSPS) is 12.6. The highest BCUT2D eigenvalue weighted by Crippen LogP contribution is 2.33. The van der Waals surface area contributed by atoms with E-state index in [9.17, 15) is 26.1 Å².